The molecule has 0 N–H and O–H groups in total. The summed E-state index contributed by atoms with van der Waals surface area (Å²) in [4.78, 5) is 7.41. The molecule has 152 valence electrons. The van der Waals surface area contributed by atoms with Crippen LogP contribution in [0.25, 0.3) is 17.1 Å². The lowest BCUT2D eigenvalue weighted by molar-refractivity contribution is 0.590. The normalized spacial score (nSPS) is 13.9. The molecule has 0 spiro atoms. The minimum Gasteiger partial charge on any atom is -0.333 e. The van der Waals surface area contributed by atoms with Gasteiger partial charge in [-0.3, -0.25) is 9.55 Å². The molecule has 10 heteroatoms. The van der Waals surface area contributed by atoms with Gasteiger partial charge in [0.25, 0.3) is 0 Å². The molecule has 0 fully saturated rings. The lowest BCUT2D eigenvalue weighted by atomic mass is 10.2. The van der Waals surface area contributed by atoms with Crippen molar-refractivity contribution in [2.24, 2.45) is 0 Å². The van der Waals surface area contributed by atoms with E-state index in [-0.39, 0.29) is 11.5 Å². The van der Waals surface area contributed by atoms with E-state index in [1.807, 2.05) is 19.1 Å². The Morgan fingerprint density at radius 3 is 2.70 bits per heavy atom. The first-order valence-electron chi connectivity index (χ1n) is 9.83. The number of halogens is 1. The van der Waals surface area contributed by atoms with Crippen LogP contribution in [-0.2, 0) is 13.1 Å². The number of benzene rings is 1. The third-order valence-corrected chi connectivity index (χ3v) is 5.12. The number of hydrogen-bond acceptors (Lipinski definition) is 7. The Bertz CT molecular complexity index is 1170. The highest BCUT2D eigenvalue weighted by Crippen LogP contribution is 2.26. The van der Waals surface area contributed by atoms with E-state index < -0.39 is 0 Å². The van der Waals surface area contributed by atoms with Gasteiger partial charge in [0.1, 0.15) is 5.69 Å². The Kier molecular flexibility index (Phi) is 4.66. The number of fused-ring (bicyclic) bond motifs is 1. The summed E-state index contributed by atoms with van der Waals surface area (Å²) in [5.74, 6) is 1.70. The fraction of sp³-hybridized carbons (Fsp3) is 0.300. The molecule has 0 atom stereocenters. The lowest BCUT2D eigenvalue weighted by Gasteiger charge is -2.19. The quantitative estimate of drug-likeness (QED) is 0.515. The molecule has 3 aromatic heterocycles. The molecule has 0 unspecified atom stereocenters. The van der Waals surface area contributed by atoms with E-state index in [1.54, 1.807) is 24.5 Å². The Morgan fingerprint density at radius 2 is 1.83 bits per heavy atom. The van der Waals surface area contributed by atoms with Crippen LogP contribution in [0, 0.1) is 12.7 Å². The smallest absolute Gasteiger partial charge is 0.227 e. The SMILES string of the molecule is Cc1ccc(F)c(-n2nnc(CN3CCCCn4c(-c5ccncc5)nnc43)n2)c1. The van der Waals surface area contributed by atoms with Gasteiger partial charge < -0.3 is 4.90 Å². The van der Waals surface area contributed by atoms with Crippen LogP contribution in [0.1, 0.15) is 24.2 Å². The second-order valence-corrected chi connectivity index (χ2v) is 7.29. The third kappa shape index (κ3) is 3.40. The highest BCUT2D eigenvalue weighted by atomic mass is 19.1. The molecular weight excluding hydrogens is 385 g/mol. The van der Waals surface area contributed by atoms with E-state index in [4.69, 9.17) is 0 Å². The molecule has 4 aromatic rings. The fourth-order valence-electron chi connectivity index (χ4n) is 3.63. The van der Waals surface area contributed by atoms with Crippen molar-refractivity contribution < 1.29 is 4.39 Å². The van der Waals surface area contributed by atoms with Crippen LogP contribution in [0.3, 0.4) is 0 Å². The first-order chi connectivity index (χ1) is 14.7. The van der Waals surface area contributed by atoms with Gasteiger partial charge in [-0.2, -0.15) is 0 Å². The van der Waals surface area contributed by atoms with Crippen molar-refractivity contribution in [1.29, 1.82) is 0 Å². The Hall–Kier alpha value is -3.69. The van der Waals surface area contributed by atoms with Crippen molar-refractivity contribution in [3.8, 4) is 17.1 Å². The predicted octanol–water partition coefficient (Wildman–Crippen LogP) is 2.56. The summed E-state index contributed by atoms with van der Waals surface area (Å²) in [7, 11) is 0. The highest BCUT2D eigenvalue weighted by Gasteiger charge is 2.23. The molecule has 30 heavy (non-hydrogen) atoms. The summed E-state index contributed by atoms with van der Waals surface area (Å²) in [5.41, 5.74) is 2.19. The van der Waals surface area contributed by atoms with E-state index >= 15 is 0 Å². The summed E-state index contributed by atoms with van der Waals surface area (Å²) < 4.78 is 16.3. The van der Waals surface area contributed by atoms with E-state index in [0.29, 0.717) is 12.4 Å². The monoisotopic (exact) mass is 405 g/mol. The van der Waals surface area contributed by atoms with E-state index in [0.717, 1.165) is 48.8 Å². The zero-order valence-electron chi connectivity index (χ0n) is 16.5. The molecular formula is C20H20FN9. The molecule has 0 amide bonds. The molecule has 0 saturated heterocycles. The number of aryl methyl sites for hydroxylation is 1. The van der Waals surface area contributed by atoms with Crippen LogP contribution in [0.5, 0.6) is 0 Å². The average molecular weight is 405 g/mol. The Balaban J connectivity index is 1.44. The average Bonchev–Trinajstić information content (AvgIpc) is 3.35. The largest absolute Gasteiger partial charge is 0.333 e. The first kappa shape index (κ1) is 18.3. The maximum absolute atomic E-state index is 14.2. The number of pyridine rings is 1. The number of tetrazole rings is 1. The van der Waals surface area contributed by atoms with Gasteiger partial charge in [0, 0.05) is 31.0 Å². The van der Waals surface area contributed by atoms with Crippen molar-refractivity contribution >= 4 is 5.95 Å². The van der Waals surface area contributed by atoms with Gasteiger partial charge in [-0.05, 0) is 54.8 Å². The molecule has 0 saturated carbocycles. The zero-order chi connectivity index (χ0) is 20.5. The standard InChI is InChI=1S/C20H20FN9/c1-14-4-5-16(21)17(12-14)30-26-18(23-27-30)13-28-10-2-3-11-29-19(24-25-20(28)29)15-6-8-22-9-7-15/h4-9,12H,2-3,10-11,13H2,1H3. The topological polar surface area (TPSA) is 90.4 Å². The number of nitrogens with zero attached hydrogens (tertiary/aromatic N) is 9. The number of hydrogen-bond donors (Lipinski definition) is 0. The molecule has 4 heterocycles. The Morgan fingerprint density at radius 1 is 1.00 bits per heavy atom. The number of anilines is 1. The molecule has 5 rings (SSSR count). The van der Waals surface area contributed by atoms with Crippen molar-refractivity contribution in [1.82, 2.24) is 40.0 Å². The molecule has 9 nitrogen and oxygen atoms in total. The van der Waals surface area contributed by atoms with Crippen LogP contribution in [0.15, 0.2) is 42.7 Å². The van der Waals surface area contributed by atoms with Gasteiger partial charge >= 0.3 is 0 Å². The van der Waals surface area contributed by atoms with Crippen LogP contribution < -0.4 is 4.90 Å². The highest BCUT2D eigenvalue weighted by molar-refractivity contribution is 5.57. The van der Waals surface area contributed by atoms with Crippen molar-refractivity contribution in [3.63, 3.8) is 0 Å². The van der Waals surface area contributed by atoms with Crippen molar-refractivity contribution in [2.45, 2.75) is 32.9 Å². The van der Waals surface area contributed by atoms with Crippen molar-refractivity contribution in [3.05, 3.63) is 59.9 Å². The summed E-state index contributed by atoms with van der Waals surface area (Å²) >= 11 is 0. The summed E-state index contributed by atoms with van der Waals surface area (Å²) in [6.45, 7) is 3.96. The van der Waals surface area contributed by atoms with Gasteiger partial charge in [-0.1, -0.05) is 6.07 Å². The zero-order valence-corrected chi connectivity index (χ0v) is 16.5. The van der Waals surface area contributed by atoms with Crippen LogP contribution in [0.2, 0.25) is 0 Å². The minimum absolute atomic E-state index is 0.285. The summed E-state index contributed by atoms with van der Waals surface area (Å²) in [6, 6.07) is 8.67. The molecule has 0 bridgehead atoms. The second kappa shape index (κ2) is 7.62. The van der Waals surface area contributed by atoms with Crippen molar-refractivity contribution in [2.75, 3.05) is 11.4 Å². The fourth-order valence-corrected chi connectivity index (χ4v) is 3.63. The van der Waals surface area contributed by atoms with Gasteiger partial charge in [-0.25, -0.2) is 4.39 Å². The molecule has 0 radical (unpaired) electrons. The Labute approximate surface area is 172 Å². The maximum Gasteiger partial charge on any atom is 0.227 e. The minimum atomic E-state index is -0.388. The molecule has 1 aromatic carbocycles. The van der Waals surface area contributed by atoms with Gasteiger partial charge in [0.05, 0.1) is 6.54 Å². The van der Waals surface area contributed by atoms with Gasteiger partial charge in [-0.15, -0.1) is 25.2 Å². The molecule has 1 aliphatic rings. The third-order valence-electron chi connectivity index (χ3n) is 5.12. The van der Waals surface area contributed by atoms with Gasteiger partial charge in [0.15, 0.2) is 17.5 Å². The number of rotatable bonds is 4. The van der Waals surface area contributed by atoms with E-state index in [9.17, 15) is 4.39 Å². The summed E-state index contributed by atoms with van der Waals surface area (Å²) in [6.07, 6.45) is 5.53. The van der Waals surface area contributed by atoms with Gasteiger partial charge in [0.2, 0.25) is 5.95 Å². The molecule has 0 aliphatic carbocycles. The maximum atomic E-state index is 14.2. The second-order valence-electron chi connectivity index (χ2n) is 7.29. The van der Waals surface area contributed by atoms with E-state index in [2.05, 4.69) is 40.1 Å². The predicted molar refractivity (Wildman–Crippen MR) is 107 cm³/mol. The number of aromatic nitrogens is 8. The van der Waals surface area contributed by atoms with Crippen LogP contribution in [0.4, 0.5) is 10.3 Å². The van der Waals surface area contributed by atoms with Crippen LogP contribution in [-0.4, -0.2) is 46.5 Å². The lowest BCUT2D eigenvalue weighted by Crippen LogP contribution is -2.26. The van der Waals surface area contributed by atoms with E-state index in [1.165, 1.54) is 10.9 Å². The molecule has 1 aliphatic heterocycles. The summed E-state index contributed by atoms with van der Waals surface area (Å²) in [5, 5.41) is 21.4. The van der Waals surface area contributed by atoms with Crippen LogP contribution >= 0.6 is 0 Å². The first-order valence-corrected chi connectivity index (χ1v) is 9.83.